The molecule has 1 aromatic rings. The minimum atomic E-state index is 0.683. The van der Waals surface area contributed by atoms with Crippen LogP contribution in [-0.4, -0.2) is 22.9 Å². The Morgan fingerprint density at radius 3 is 2.84 bits per heavy atom. The first kappa shape index (κ1) is 15.0. The number of rotatable bonds is 7. The second kappa shape index (κ2) is 6.89. The first-order valence-corrected chi connectivity index (χ1v) is 8.34. The molecule has 1 heterocycles. The maximum absolute atomic E-state index is 4.50. The van der Waals surface area contributed by atoms with Crippen molar-refractivity contribution < 1.29 is 0 Å². The molecule has 0 spiro atoms. The maximum Gasteiger partial charge on any atom is 0.0635 e. The molecule has 0 aliphatic heterocycles. The normalized spacial score (nSPS) is 22.8. The van der Waals surface area contributed by atoms with E-state index >= 15 is 0 Å². The molecule has 1 aromatic heterocycles. The van der Waals surface area contributed by atoms with Gasteiger partial charge in [0.2, 0.25) is 0 Å². The van der Waals surface area contributed by atoms with E-state index in [1.165, 1.54) is 23.0 Å². The smallest absolute Gasteiger partial charge is 0.0635 e. The van der Waals surface area contributed by atoms with Crippen LogP contribution in [0.3, 0.4) is 0 Å². The quantitative estimate of drug-likeness (QED) is 0.825. The van der Waals surface area contributed by atoms with Crippen LogP contribution in [0.5, 0.6) is 0 Å². The molecule has 1 N–H and O–H groups in total. The Morgan fingerprint density at radius 1 is 1.47 bits per heavy atom. The second-order valence-electron chi connectivity index (χ2n) is 6.10. The van der Waals surface area contributed by atoms with Crippen LogP contribution < -0.4 is 5.32 Å². The molecule has 0 bridgehead atoms. The standard InChI is InChI=1S/C15H26BrN3/c1-4-7-19-15(14(16)10-18-19)13-6-5-12(13)9-17-8-11(2)3/h10-13,17H,4-9H2,1-3H3. The van der Waals surface area contributed by atoms with E-state index in [-0.39, 0.29) is 0 Å². The molecule has 19 heavy (non-hydrogen) atoms. The molecule has 3 nitrogen and oxygen atoms in total. The first-order chi connectivity index (χ1) is 9.13. The van der Waals surface area contributed by atoms with Gasteiger partial charge in [-0.1, -0.05) is 20.8 Å². The lowest BCUT2D eigenvalue weighted by atomic mass is 9.71. The van der Waals surface area contributed by atoms with Gasteiger partial charge in [-0.3, -0.25) is 4.68 Å². The van der Waals surface area contributed by atoms with Crippen molar-refractivity contribution in [1.82, 2.24) is 15.1 Å². The van der Waals surface area contributed by atoms with E-state index < -0.39 is 0 Å². The number of aryl methyl sites for hydroxylation is 1. The molecule has 0 amide bonds. The third kappa shape index (κ3) is 3.60. The number of nitrogens with one attached hydrogen (secondary N) is 1. The molecule has 2 atom stereocenters. The van der Waals surface area contributed by atoms with Gasteiger partial charge in [-0.05, 0) is 60.1 Å². The third-order valence-electron chi connectivity index (χ3n) is 4.00. The van der Waals surface area contributed by atoms with E-state index in [1.807, 2.05) is 6.20 Å². The number of hydrogen-bond acceptors (Lipinski definition) is 2. The fourth-order valence-corrected chi connectivity index (χ4v) is 3.45. The van der Waals surface area contributed by atoms with E-state index in [0.717, 1.165) is 37.9 Å². The first-order valence-electron chi connectivity index (χ1n) is 7.55. The molecule has 1 saturated carbocycles. The van der Waals surface area contributed by atoms with Crippen LogP contribution in [0.2, 0.25) is 0 Å². The van der Waals surface area contributed by atoms with E-state index in [4.69, 9.17) is 0 Å². The molecule has 2 unspecified atom stereocenters. The van der Waals surface area contributed by atoms with Crippen molar-refractivity contribution in [3.63, 3.8) is 0 Å². The highest BCUT2D eigenvalue weighted by Crippen LogP contribution is 2.44. The zero-order valence-corrected chi connectivity index (χ0v) is 13.9. The number of aromatic nitrogens is 2. The van der Waals surface area contributed by atoms with Crippen LogP contribution >= 0.6 is 15.9 Å². The lowest BCUT2D eigenvalue weighted by Gasteiger charge is -2.37. The van der Waals surface area contributed by atoms with Gasteiger partial charge in [-0.2, -0.15) is 5.10 Å². The average molecular weight is 328 g/mol. The summed E-state index contributed by atoms with van der Waals surface area (Å²) in [5.74, 6) is 2.20. The lowest BCUT2D eigenvalue weighted by Crippen LogP contribution is -2.36. The van der Waals surface area contributed by atoms with Crippen LogP contribution in [0, 0.1) is 11.8 Å². The van der Waals surface area contributed by atoms with Crippen molar-refractivity contribution in [3.8, 4) is 0 Å². The molecule has 0 saturated heterocycles. The van der Waals surface area contributed by atoms with Crippen LogP contribution in [0.25, 0.3) is 0 Å². The minimum Gasteiger partial charge on any atom is -0.316 e. The molecule has 1 aliphatic carbocycles. The van der Waals surface area contributed by atoms with Gasteiger partial charge in [-0.25, -0.2) is 0 Å². The van der Waals surface area contributed by atoms with Gasteiger partial charge in [0.05, 0.1) is 16.4 Å². The molecular formula is C15H26BrN3. The van der Waals surface area contributed by atoms with Gasteiger partial charge in [0.15, 0.2) is 0 Å². The topological polar surface area (TPSA) is 29.9 Å². The molecule has 0 radical (unpaired) electrons. The highest BCUT2D eigenvalue weighted by molar-refractivity contribution is 9.10. The molecule has 2 rings (SSSR count). The zero-order valence-electron chi connectivity index (χ0n) is 12.3. The van der Waals surface area contributed by atoms with Crippen LogP contribution in [0.15, 0.2) is 10.7 Å². The number of halogens is 1. The summed E-state index contributed by atoms with van der Waals surface area (Å²) < 4.78 is 3.39. The monoisotopic (exact) mass is 327 g/mol. The maximum atomic E-state index is 4.50. The van der Waals surface area contributed by atoms with Crippen molar-refractivity contribution in [3.05, 3.63) is 16.4 Å². The Bertz CT molecular complexity index is 400. The van der Waals surface area contributed by atoms with E-state index in [1.54, 1.807) is 0 Å². The summed E-state index contributed by atoms with van der Waals surface area (Å²) >= 11 is 3.68. The SMILES string of the molecule is CCCn1ncc(Br)c1C1CCC1CNCC(C)C. The third-order valence-corrected chi connectivity index (χ3v) is 4.61. The van der Waals surface area contributed by atoms with Crippen LogP contribution in [-0.2, 0) is 6.54 Å². The van der Waals surface area contributed by atoms with Crippen molar-refractivity contribution in [1.29, 1.82) is 0 Å². The summed E-state index contributed by atoms with van der Waals surface area (Å²) in [6.07, 6.45) is 5.76. The molecule has 1 fully saturated rings. The minimum absolute atomic E-state index is 0.683. The average Bonchev–Trinajstić information content (AvgIpc) is 2.66. The summed E-state index contributed by atoms with van der Waals surface area (Å²) in [6, 6.07) is 0. The zero-order chi connectivity index (χ0) is 13.8. The Labute approximate surface area is 125 Å². The Hall–Kier alpha value is -0.350. The van der Waals surface area contributed by atoms with Gasteiger partial charge in [-0.15, -0.1) is 0 Å². The van der Waals surface area contributed by atoms with Crippen LogP contribution in [0.1, 0.15) is 51.6 Å². The van der Waals surface area contributed by atoms with E-state index in [0.29, 0.717) is 5.92 Å². The molecular weight excluding hydrogens is 302 g/mol. The van der Waals surface area contributed by atoms with Crippen molar-refractivity contribution in [2.45, 2.75) is 52.5 Å². The number of hydrogen-bond donors (Lipinski definition) is 1. The highest BCUT2D eigenvalue weighted by atomic mass is 79.9. The molecule has 0 aromatic carbocycles. The van der Waals surface area contributed by atoms with Gasteiger partial charge in [0, 0.05) is 12.5 Å². The fourth-order valence-electron chi connectivity index (χ4n) is 2.86. The predicted molar refractivity (Wildman–Crippen MR) is 83.4 cm³/mol. The van der Waals surface area contributed by atoms with Gasteiger partial charge in [0.1, 0.15) is 0 Å². The predicted octanol–water partition coefficient (Wildman–Crippen LogP) is 3.79. The fraction of sp³-hybridized carbons (Fsp3) is 0.800. The Kier molecular flexibility index (Phi) is 5.46. The Balaban J connectivity index is 1.96. The lowest BCUT2D eigenvalue weighted by molar-refractivity contribution is 0.230. The molecule has 1 aliphatic rings. The van der Waals surface area contributed by atoms with Crippen molar-refractivity contribution in [2.24, 2.45) is 11.8 Å². The Morgan fingerprint density at radius 2 is 2.26 bits per heavy atom. The summed E-state index contributed by atoms with van der Waals surface area (Å²) in [5.41, 5.74) is 1.42. The molecule has 108 valence electrons. The van der Waals surface area contributed by atoms with Gasteiger partial charge < -0.3 is 5.32 Å². The second-order valence-corrected chi connectivity index (χ2v) is 6.95. The van der Waals surface area contributed by atoms with Crippen LogP contribution in [0.4, 0.5) is 0 Å². The van der Waals surface area contributed by atoms with E-state index in [9.17, 15) is 0 Å². The summed E-state index contributed by atoms with van der Waals surface area (Å²) in [4.78, 5) is 0. The van der Waals surface area contributed by atoms with Crippen molar-refractivity contribution in [2.75, 3.05) is 13.1 Å². The summed E-state index contributed by atoms with van der Waals surface area (Å²) in [7, 11) is 0. The molecule has 4 heteroatoms. The highest BCUT2D eigenvalue weighted by Gasteiger charge is 2.35. The number of nitrogens with zero attached hydrogens (tertiary/aromatic N) is 2. The van der Waals surface area contributed by atoms with Gasteiger partial charge in [0.25, 0.3) is 0 Å². The summed E-state index contributed by atoms with van der Waals surface area (Å²) in [5, 5.41) is 8.11. The largest absolute Gasteiger partial charge is 0.316 e. The van der Waals surface area contributed by atoms with Gasteiger partial charge >= 0.3 is 0 Å². The van der Waals surface area contributed by atoms with Crippen molar-refractivity contribution >= 4 is 15.9 Å². The van der Waals surface area contributed by atoms with E-state index in [2.05, 4.69) is 51.8 Å². The summed E-state index contributed by atoms with van der Waals surface area (Å²) in [6.45, 7) is 10.0.